The van der Waals surface area contributed by atoms with E-state index in [2.05, 4.69) is 4.72 Å². The molecular formula is C21H28N2O4S. The molecule has 152 valence electrons. The Labute approximate surface area is 167 Å². The van der Waals surface area contributed by atoms with Gasteiger partial charge in [0.15, 0.2) is 0 Å². The molecule has 0 unspecified atom stereocenters. The number of carbonyl (C=O) groups excluding carboxylic acids is 1. The quantitative estimate of drug-likeness (QED) is 0.661. The first-order chi connectivity index (χ1) is 13.3. The molecule has 0 saturated carbocycles. The molecule has 0 bridgehead atoms. The van der Waals surface area contributed by atoms with Gasteiger partial charge in [-0.2, -0.15) is 0 Å². The third kappa shape index (κ3) is 6.44. The lowest BCUT2D eigenvalue weighted by molar-refractivity contribution is -0.132. The highest BCUT2D eigenvalue weighted by atomic mass is 32.2. The predicted molar refractivity (Wildman–Crippen MR) is 109 cm³/mol. The van der Waals surface area contributed by atoms with Crippen LogP contribution in [0.3, 0.4) is 0 Å². The van der Waals surface area contributed by atoms with Crippen molar-refractivity contribution in [3.8, 4) is 0 Å². The highest BCUT2D eigenvalue weighted by molar-refractivity contribution is 7.89. The fraction of sp³-hybridized carbons (Fsp3) is 0.381. The molecule has 0 spiro atoms. The van der Waals surface area contributed by atoms with E-state index >= 15 is 0 Å². The second-order valence-corrected chi connectivity index (χ2v) is 8.45. The number of benzene rings is 2. The van der Waals surface area contributed by atoms with E-state index in [0.29, 0.717) is 25.3 Å². The van der Waals surface area contributed by atoms with E-state index in [4.69, 9.17) is 4.74 Å². The zero-order valence-electron chi connectivity index (χ0n) is 16.6. The monoisotopic (exact) mass is 404 g/mol. The highest BCUT2D eigenvalue weighted by Crippen LogP contribution is 2.16. The molecule has 1 N–H and O–H groups in total. The van der Waals surface area contributed by atoms with Crippen LogP contribution in [0.4, 0.5) is 0 Å². The Kier molecular flexibility index (Phi) is 8.17. The van der Waals surface area contributed by atoms with E-state index in [9.17, 15) is 13.2 Å². The number of aryl methyl sites for hydroxylation is 2. The van der Waals surface area contributed by atoms with E-state index in [1.54, 1.807) is 31.1 Å². The normalized spacial score (nSPS) is 11.4. The number of sulfonamides is 1. The molecule has 0 aliphatic heterocycles. The van der Waals surface area contributed by atoms with Gasteiger partial charge >= 0.3 is 0 Å². The number of rotatable bonds is 10. The van der Waals surface area contributed by atoms with Crippen molar-refractivity contribution < 1.29 is 17.9 Å². The molecule has 0 heterocycles. The van der Waals surface area contributed by atoms with Gasteiger partial charge in [0.2, 0.25) is 15.9 Å². The fourth-order valence-electron chi connectivity index (χ4n) is 2.82. The molecule has 2 aromatic rings. The largest absolute Gasteiger partial charge is 0.383 e. The van der Waals surface area contributed by atoms with Gasteiger partial charge in [0.25, 0.3) is 0 Å². The van der Waals surface area contributed by atoms with Crippen LogP contribution in [0.25, 0.3) is 0 Å². The van der Waals surface area contributed by atoms with Crippen LogP contribution < -0.4 is 4.72 Å². The second-order valence-electron chi connectivity index (χ2n) is 6.71. The smallest absolute Gasteiger partial charge is 0.240 e. The van der Waals surface area contributed by atoms with Crippen LogP contribution >= 0.6 is 0 Å². The predicted octanol–water partition coefficient (Wildman–Crippen LogP) is 2.65. The highest BCUT2D eigenvalue weighted by Gasteiger charge is 2.19. The second kappa shape index (κ2) is 10.4. The van der Waals surface area contributed by atoms with Gasteiger partial charge in [0.1, 0.15) is 0 Å². The topological polar surface area (TPSA) is 75.7 Å². The minimum absolute atomic E-state index is 0.0484. The van der Waals surface area contributed by atoms with Crippen molar-refractivity contribution >= 4 is 15.9 Å². The summed E-state index contributed by atoms with van der Waals surface area (Å²) in [6, 6.07) is 15.0. The molecule has 0 aromatic heterocycles. The van der Waals surface area contributed by atoms with E-state index in [0.717, 1.165) is 11.1 Å². The van der Waals surface area contributed by atoms with Crippen molar-refractivity contribution in [3.05, 3.63) is 65.2 Å². The first kappa shape index (κ1) is 22.1. The number of hydrogen-bond donors (Lipinski definition) is 1. The number of amides is 1. The summed E-state index contributed by atoms with van der Waals surface area (Å²) in [6.07, 6.45) is 0.0840. The molecule has 2 aromatic carbocycles. The molecule has 28 heavy (non-hydrogen) atoms. The Morgan fingerprint density at radius 1 is 1.11 bits per heavy atom. The number of ether oxygens (including phenoxy) is 1. The van der Waals surface area contributed by atoms with Crippen LogP contribution in [0.1, 0.15) is 23.1 Å². The summed E-state index contributed by atoms with van der Waals surface area (Å²) < 4.78 is 32.8. The van der Waals surface area contributed by atoms with Crippen molar-refractivity contribution in [1.82, 2.24) is 9.62 Å². The Morgan fingerprint density at radius 2 is 1.82 bits per heavy atom. The third-order valence-corrected chi connectivity index (χ3v) is 6.00. The minimum Gasteiger partial charge on any atom is -0.383 e. The SMILES string of the molecule is COCCN(Cc1ccccc1)C(=O)CCNS(=O)(=O)c1cc(C)ccc1C. The number of nitrogens with one attached hydrogen (secondary N) is 1. The molecule has 0 saturated heterocycles. The summed E-state index contributed by atoms with van der Waals surface area (Å²) >= 11 is 0. The lowest BCUT2D eigenvalue weighted by atomic mass is 10.2. The van der Waals surface area contributed by atoms with Crippen molar-refractivity contribution in [2.24, 2.45) is 0 Å². The van der Waals surface area contributed by atoms with E-state index in [-0.39, 0.29) is 23.8 Å². The van der Waals surface area contributed by atoms with Crippen LogP contribution in [-0.2, 0) is 26.1 Å². The van der Waals surface area contributed by atoms with Crippen molar-refractivity contribution in [1.29, 1.82) is 0 Å². The molecule has 2 rings (SSSR count). The molecule has 1 amide bonds. The molecule has 0 aliphatic carbocycles. The molecular weight excluding hydrogens is 376 g/mol. The van der Waals surface area contributed by atoms with Crippen LogP contribution in [0, 0.1) is 13.8 Å². The lowest BCUT2D eigenvalue weighted by Gasteiger charge is -2.23. The average Bonchev–Trinajstić information content (AvgIpc) is 2.67. The summed E-state index contributed by atoms with van der Waals surface area (Å²) in [4.78, 5) is 14.6. The number of carbonyl (C=O) groups is 1. The van der Waals surface area contributed by atoms with Gasteiger partial charge < -0.3 is 9.64 Å². The van der Waals surface area contributed by atoms with Crippen molar-refractivity contribution in [2.75, 3.05) is 26.8 Å². The third-order valence-electron chi connectivity index (χ3n) is 4.40. The zero-order valence-corrected chi connectivity index (χ0v) is 17.5. The summed E-state index contributed by atoms with van der Waals surface area (Å²) in [5.41, 5.74) is 2.56. The van der Waals surface area contributed by atoms with Crippen LogP contribution in [0.2, 0.25) is 0 Å². The Morgan fingerprint density at radius 3 is 2.50 bits per heavy atom. The zero-order chi connectivity index (χ0) is 20.6. The maximum atomic E-state index is 12.6. The molecule has 0 radical (unpaired) electrons. The first-order valence-electron chi connectivity index (χ1n) is 9.21. The minimum atomic E-state index is -3.66. The van der Waals surface area contributed by atoms with Gasteiger partial charge in [0, 0.05) is 33.2 Å². The maximum absolute atomic E-state index is 12.6. The van der Waals surface area contributed by atoms with Crippen LogP contribution in [-0.4, -0.2) is 46.0 Å². The van der Waals surface area contributed by atoms with Crippen molar-refractivity contribution in [3.63, 3.8) is 0 Å². The average molecular weight is 405 g/mol. The van der Waals surface area contributed by atoms with E-state index in [1.807, 2.05) is 43.3 Å². The summed E-state index contributed by atoms with van der Waals surface area (Å²) in [5, 5.41) is 0. The van der Waals surface area contributed by atoms with Crippen LogP contribution in [0.5, 0.6) is 0 Å². The van der Waals surface area contributed by atoms with Crippen molar-refractivity contribution in [2.45, 2.75) is 31.7 Å². The number of nitrogens with zero attached hydrogens (tertiary/aromatic N) is 1. The summed E-state index contributed by atoms with van der Waals surface area (Å²) in [6.45, 7) is 4.99. The van der Waals surface area contributed by atoms with Gasteiger partial charge in [-0.05, 0) is 36.6 Å². The van der Waals surface area contributed by atoms with Crippen LogP contribution in [0.15, 0.2) is 53.4 Å². The number of methoxy groups -OCH3 is 1. The summed E-state index contributed by atoms with van der Waals surface area (Å²) in [5.74, 6) is -0.121. The Hall–Kier alpha value is -2.22. The van der Waals surface area contributed by atoms with Gasteiger partial charge in [-0.1, -0.05) is 42.5 Å². The molecule has 0 aliphatic rings. The van der Waals surface area contributed by atoms with E-state index in [1.165, 1.54) is 0 Å². The first-order valence-corrected chi connectivity index (χ1v) is 10.7. The van der Waals surface area contributed by atoms with Gasteiger partial charge in [-0.15, -0.1) is 0 Å². The molecule has 0 fully saturated rings. The van der Waals surface area contributed by atoms with Gasteiger partial charge in [-0.3, -0.25) is 4.79 Å². The Bertz CT molecular complexity index is 883. The van der Waals surface area contributed by atoms with Gasteiger partial charge in [-0.25, -0.2) is 13.1 Å². The lowest BCUT2D eigenvalue weighted by Crippen LogP contribution is -2.36. The van der Waals surface area contributed by atoms with E-state index < -0.39 is 10.0 Å². The number of hydrogen-bond acceptors (Lipinski definition) is 4. The molecule has 7 heteroatoms. The summed E-state index contributed by atoms with van der Waals surface area (Å²) in [7, 11) is -2.07. The standard InChI is InChI=1S/C21H28N2O4S/c1-17-9-10-18(2)20(15-17)28(25,26)22-12-11-21(24)23(13-14-27-3)16-19-7-5-4-6-8-19/h4-10,15,22H,11-14,16H2,1-3H3. The molecule has 6 nitrogen and oxygen atoms in total. The van der Waals surface area contributed by atoms with Gasteiger partial charge in [0.05, 0.1) is 11.5 Å². The maximum Gasteiger partial charge on any atom is 0.240 e. The fourth-order valence-corrected chi connectivity index (χ4v) is 4.18. The Balaban J connectivity index is 1.98. The molecule has 0 atom stereocenters.